The second-order valence-corrected chi connectivity index (χ2v) is 7.24. The van der Waals surface area contributed by atoms with Crippen LogP contribution in [-0.2, 0) is 13.1 Å². The molecule has 1 unspecified atom stereocenters. The van der Waals surface area contributed by atoms with Crippen LogP contribution in [0, 0.1) is 5.92 Å². The van der Waals surface area contributed by atoms with Gasteiger partial charge < -0.3 is 15.2 Å². The molecule has 0 bridgehead atoms. The van der Waals surface area contributed by atoms with E-state index in [-0.39, 0.29) is 24.0 Å². The standard InChI is InChI=1S/C15H27N5S.HI/c1-12(2)11-20-7-6-17-14(20)10-19-15(16-3)18-9-13-5-4-8-21-13;/h6-7,12-13H,4-5,8-11H2,1-3H3,(H2,16,18,19);1H. The van der Waals surface area contributed by atoms with Crippen LogP contribution in [0.1, 0.15) is 32.5 Å². The van der Waals surface area contributed by atoms with Crippen molar-refractivity contribution in [1.29, 1.82) is 0 Å². The second-order valence-electron chi connectivity index (χ2n) is 5.83. The van der Waals surface area contributed by atoms with E-state index in [0.717, 1.165) is 30.1 Å². The minimum atomic E-state index is 0. The maximum atomic E-state index is 4.43. The number of imidazole rings is 1. The van der Waals surface area contributed by atoms with Crippen LogP contribution in [0.15, 0.2) is 17.4 Å². The van der Waals surface area contributed by atoms with Crippen LogP contribution in [0.4, 0.5) is 0 Å². The number of nitrogens with one attached hydrogen (secondary N) is 2. The molecule has 1 fully saturated rings. The Bertz CT molecular complexity index is 455. The van der Waals surface area contributed by atoms with Gasteiger partial charge in [-0.3, -0.25) is 4.99 Å². The summed E-state index contributed by atoms with van der Waals surface area (Å²) in [6.07, 6.45) is 6.57. The Labute approximate surface area is 155 Å². The van der Waals surface area contributed by atoms with Crippen LogP contribution < -0.4 is 10.6 Å². The minimum Gasteiger partial charge on any atom is -0.355 e. The van der Waals surface area contributed by atoms with Crippen LogP contribution >= 0.6 is 35.7 Å². The molecule has 1 aromatic rings. The lowest BCUT2D eigenvalue weighted by molar-refractivity contribution is 0.503. The third-order valence-electron chi connectivity index (χ3n) is 3.52. The van der Waals surface area contributed by atoms with Crippen molar-refractivity contribution in [2.75, 3.05) is 19.3 Å². The molecule has 22 heavy (non-hydrogen) atoms. The maximum absolute atomic E-state index is 4.43. The summed E-state index contributed by atoms with van der Waals surface area (Å²) < 4.78 is 2.21. The molecular formula is C15H28IN5S. The van der Waals surface area contributed by atoms with Crippen molar-refractivity contribution in [3.8, 4) is 0 Å². The van der Waals surface area contributed by atoms with Crippen molar-refractivity contribution in [1.82, 2.24) is 20.2 Å². The molecule has 2 heterocycles. The highest BCUT2D eigenvalue weighted by Gasteiger charge is 2.15. The zero-order chi connectivity index (χ0) is 15.1. The molecule has 1 aliphatic rings. The molecule has 2 rings (SSSR count). The van der Waals surface area contributed by atoms with E-state index in [1.54, 1.807) is 0 Å². The topological polar surface area (TPSA) is 54.2 Å². The van der Waals surface area contributed by atoms with Crippen LogP contribution in [-0.4, -0.2) is 40.1 Å². The van der Waals surface area contributed by atoms with Crippen LogP contribution in [0.25, 0.3) is 0 Å². The quantitative estimate of drug-likeness (QED) is 0.408. The van der Waals surface area contributed by atoms with Gasteiger partial charge >= 0.3 is 0 Å². The lowest BCUT2D eigenvalue weighted by atomic mass is 10.2. The van der Waals surface area contributed by atoms with Gasteiger partial charge in [-0.25, -0.2) is 4.98 Å². The van der Waals surface area contributed by atoms with Gasteiger partial charge in [0, 0.05) is 37.8 Å². The van der Waals surface area contributed by atoms with E-state index >= 15 is 0 Å². The van der Waals surface area contributed by atoms with Gasteiger partial charge in [-0.05, 0) is 24.5 Å². The van der Waals surface area contributed by atoms with E-state index in [1.807, 2.05) is 19.4 Å². The number of hydrogen-bond acceptors (Lipinski definition) is 3. The van der Waals surface area contributed by atoms with Gasteiger partial charge in [0.2, 0.25) is 0 Å². The molecule has 1 aromatic heterocycles. The third-order valence-corrected chi connectivity index (χ3v) is 4.92. The number of halogens is 1. The molecule has 1 aliphatic heterocycles. The highest BCUT2D eigenvalue weighted by Crippen LogP contribution is 2.25. The first kappa shape index (κ1) is 19.6. The summed E-state index contributed by atoms with van der Waals surface area (Å²) in [4.78, 5) is 8.71. The smallest absolute Gasteiger partial charge is 0.191 e. The Morgan fingerprint density at radius 3 is 2.95 bits per heavy atom. The van der Waals surface area contributed by atoms with E-state index < -0.39 is 0 Å². The molecular weight excluding hydrogens is 409 g/mol. The summed E-state index contributed by atoms with van der Waals surface area (Å²) in [6.45, 7) is 7.14. The Morgan fingerprint density at radius 1 is 1.50 bits per heavy atom. The fourth-order valence-electron chi connectivity index (χ4n) is 2.47. The molecule has 1 saturated heterocycles. The Hall–Kier alpha value is -0.440. The first-order valence-corrected chi connectivity index (χ1v) is 8.80. The average molecular weight is 437 g/mol. The van der Waals surface area contributed by atoms with Crippen LogP contribution in [0.5, 0.6) is 0 Å². The molecule has 0 amide bonds. The first-order chi connectivity index (χ1) is 10.2. The monoisotopic (exact) mass is 437 g/mol. The number of rotatable bonds is 6. The normalized spacial score (nSPS) is 18.4. The fraction of sp³-hybridized carbons (Fsp3) is 0.733. The lowest BCUT2D eigenvalue weighted by Gasteiger charge is -2.15. The fourth-order valence-corrected chi connectivity index (χ4v) is 3.67. The number of aliphatic imine (C=N–C) groups is 1. The van der Waals surface area contributed by atoms with Gasteiger partial charge in [0.15, 0.2) is 5.96 Å². The highest BCUT2D eigenvalue weighted by atomic mass is 127. The summed E-state index contributed by atoms with van der Waals surface area (Å²) in [7, 11) is 1.82. The van der Waals surface area contributed by atoms with Gasteiger partial charge in [-0.1, -0.05) is 13.8 Å². The molecule has 0 aromatic carbocycles. The summed E-state index contributed by atoms with van der Waals surface area (Å²) in [5, 5.41) is 7.50. The van der Waals surface area contributed by atoms with Crippen molar-refractivity contribution in [2.45, 2.75) is 45.0 Å². The van der Waals surface area contributed by atoms with E-state index in [9.17, 15) is 0 Å². The zero-order valence-corrected chi connectivity index (χ0v) is 16.9. The van der Waals surface area contributed by atoms with Crippen LogP contribution in [0.3, 0.4) is 0 Å². The number of thioether (sulfide) groups is 1. The van der Waals surface area contributed by atoms with Crippen molar-refractivity contribution in [3.05, 3.63) is 18.2 Å². The Kier molecular flexibility index (Phi) is 9.23. The largest absolute Gasteiger partial charge is 0.355 e. The molecule has 1 atom stereocenters. The molecule has 0 aliphatic carbocycles. The van der Waals surface area contributed by atoms with Crippen LogP contribution in [0.2, 0.25) is 0 Å². The molecule has 0 spiro atoms. The van der Waals surface area contributed by atoms with Crippen molar-refractivity contribution in [2.24, 2.45) is 10.9 Å². The van der Waals surface area contributed by atoms with E-state index in [4.69, 9.17) is 0 Å². The van der Waals surface area contributed by atoms with E-state index in [2.05, 4.69) is 50.8 Å². The molecule has 2 N–H and O–H groups in total. The molecule has 5 nitrogen and oxygen atoms in total. The van der Waals surface area contributed by atoms with Crippen molar-refractivity contribution >= 4 is 41.7 Å². The zero-order valence-electron chi connectivity index (χ0n) is 13.7. The van der Waals surface area contributed by atoms with Gasteiger partial charge in [0.1, 0.15) is 5.82 Å². The lowest BCUT2D eigenvalue weighted by Crippen LogP contribution is -2.40. The summed E-state index contributed by atoms with van der Waals surface area (Å²) >= 11 is 2.06. The van der Waals surface area contributed by atoms with Crippen molar-refractivity contribution < 1.29 is 0 Å². The SMILES string of the molecule is CN=C(NCc1nccn1CC(C)C)NCC1CCCS1.I. The van der Waals surface area contributed by atoms with E-state index in [1.165, 1.54) is 18.6 Å². The number of guanidine groups is 1. The van der Waals surface area contributed by atoms with E-state index in [0.29, 0.717) is 12.5 Å². The Balaban J connectivity index is 0.00000242. The number of nitrogens with zero attached hydrogens (tertiary/aromatic N) is 3. The third kappa shape index (κ3) is 6.36. The van der Waals surface area contributed by atoms with Gasteiger partial charge in [-0.2, -0.15) is 11.8 Å². The predicted octanol–water partition coefficient (Wildman–Crippen LogP) is 2.72. The first-order valence-electron chi connectivity index (χ1n) is 7.75. The summed E-state index contributed by atoms with van der Waals surface area (Å²) in [5.74, 6) is 3.84. The highest BCUT2D eigenvalue weighted by molar-refractivity contribution is 14.0. The second kappa shape index (κ2) is 10.4. The van der Waals surface area contributed by atoms with Gasteiger partial charge in [0.25, 0.3) is 0 Å². The van der Waals surface area contributed by atoms with Crippen molar-refractivity contribution in [3.63, 3.8) is 0 Å². The molecule has 7 heteroatoms. The van der Waals surface area contributed by atoms with Gasteiger partial charge in [-0.15, -0.1) is 24.0 Å². The number of hydrogen-bond donors (Lipinski definition) is 2. The predicted molar refractivity (Wildman–Crippen MR) is 106 cm³/mol. The molecule has 126 valence electrons. The van der Waals surface area contributed by atoms with Gasteiger partial charge in [0.05, 0.1) is 6.54 Å². The number of aromatic nitrogens is 2. The minimum absolute atomic E-state index is 0. The Morgan fingerprint density at radius 2 is 2.32 bits per heavy atom. The maximum Gasteiger partial charge on any atom is 0.191 e. The summed E-state index contributed by atoms with van der Waals surface area (Å²) in [6, 6.07) is 0. The molecule has 0 saturated carbocycles. The average Bonchev–Trinajstić information content (AvgIpc) is 3.10. The summed E-state index contributed by atoms with van der Waals surface area (Å²) in [5.41, 5.74) is 0. The molecule has 0 radical (unpaired) electrons.